The van der Waals surface area contributed by atoms with Crippen molar-refractivity contribution in [1.29, 1.82) is 0 Å². The predicted octanol–water partition coefficient (Wildman–Crippen LogP) is 4.87. The van der Waals surface area contributed by atoms with E-state index in [1.54, 1.807) is 12.1 Å². The Morgan fingerprint density at radius 1 is 0.828 bits per heavy atom. The van der Waals surface area contributed by atoms with Gasteiger partial charge in [-0.2, -0.15) is 0 Å². The number of halogens is 4. The lowest BCUT2D eigenvalue weighted by Gasteiger charge is -2.35. The Bertz CT molecular complexity index is 857. The summed E-state index contributed by atoms with van der Waals surface area (Å²) in [5.41, 5.74) is 3.19. The van der Waals surface area contributed by atoms with Crippen molar-refractivity contribution in [3.63, 3.8) is 0 Å². The normalized spacial score (nSPS) is 13.6. The first-order valence-electron chi connectivity index (χ1n) is 8.86. The van der Waals surface area contributed by atoms with Crippen molar-refractivity contribution in [2.24, 2.45) is 0 Å². The van der Waals surface area contributed by atoms with Crippen LogP contribution in [0.3, 0.4) is 0 Å². The van der Waals surface area contributed by atoms with Gasteiger partial charge in [-0.05, 0) is 41.5 Å². The molecule has 3 heterocycles. The van der Waals surface area contributed by atoms with Gasteiger partial charge in [-0.25, -0.2) is 9.37 Å². The number of hydrogen-bond donors (Lipinski definition) is 0. The van der Waals surface area contributed by atoms with E-state index in [-0.39, 0.29) is 43.0 Å². The van der Waals surface area contributed by atoms with Crippen molar-refractivity contribution in [1.82, 2.24) is 14.9 Å². The highest BCUT2D eigenvalue weighted by Crippen LogP contribution is 2.21. The zero-order chi connectivity index (χ0) is 17.8. The summed E-state index contributed by atoms with van der Waals surface area (Å²) in [6.45, 7) is 4.82. The predicted molar refractivity (Wildman–Crippen MR) is 123 cm³/mol. The van der Waals surface area contributed by atoms with Gasteiger partial charge in [0.25, 0.3) is 0 Å². The number of pyridine rings is 2. The van der Waals surface area contributed by atoms with Crippen LogP contribution in [0.1, 0.15) is 5.56 Å². The maximum absolute atomic E-state index is 13.1. The van der Waals surface area contributed by atoms with Gasteiger partial charge in [-0.1, -0.05) is 18.2 Å². The van der Waals surface area contributed by atoms with Crippen LogP contribution in [0.2, 0.25) is 0 Å². The summed E-state index contributed by atoms with van der Waals surface area (Å²) in [7, 11) is 0. The maximum atomic E-state index is 13.1. The number of anilines is 1. The topological polar surface area (TPSA) is 32.3 Å². The molecule has 4 nitrogen and oxygen atoms in total. The van der Waals surface area contributed by atoms with Crippen LogP contribution in [-0.2, 0) is 6.54 Å². The number of aromatic nitrogens is 2. The first-order chi connectivity index (χ1) is 12.8. The van der Waals surface area contributed by atoms with Crippen LogP contribution in [0.5, 0.6) is 0 Å². The molecule has 0 spiro atoms. The van der Waals surface area contributed by atoms with Gasteiger partial charge in [-0.15, -0.1) is 37.2 Å². The quantitative estimate of drug-likeness (QED) is 0.559. The Balaban J connectivity index is 0.00000140. The van der Waals surface area contributed by atoms with Crippen molar-refractivity contribution in [2.75, 3.05) is 31.1 Å². The molecule has 0 amide bonds. The van der Waals surface area contributed by atoms with Crippen molar-refractivity contribution in [2.45, 2.75) is 6.54 Å². The molecule has 0 bridgehead atoms. The fourth-order valence-corrected chi connectivity index (χ4v) is 3.31. The Hall–Kier alpha value is -1.92. The van der Waals surface area contributed by atoms with Gasteiger partial charge >= 0.3 is 0 Å². The molecule has 1 aliphatic rings. The van der Waals surface area contributed by atoms with Crippen molar-refractivity contribution in [3.05, 3.63) is 78.5 Å². The number of benzene rings is 1. The van der Waals surface area contributed by atoms with E-state index in [2.05, 4.69) is 31.9 Å². The molecule has 0 atom stereocenters. The standard InChI is InChI=1S/C21H21FN4.3ClH/c22-20-6-4-18(5-7-20)19-13-17(14-23-15-19)16-25-9-11-26(12-10-25)21-3-1-2-8-24-21;;;/h1-8,13-15H,9-12,16H2;3*1H. The molecule has 1 aliphatic heterocycles. The number of nitrogens with zero attached hydrogens (tertiary/aromatic N) is 4. The molecule has 3 aromatic rings. The van der Waals surface area contributed by atoms with E-state index in [9.17, 15) is 4.39 Å². The third-order valence-corrected chi connectivity index (χ3v) is 4.72. The Kier molecular flexibility index (Phi) is 10.3. The lowest BCUT2D eigenvalue weighted by Crippen LogP contribution is -2.46. The summed E-state index contributed by atoms with van der Waals surface area (Å²) >= 11 is 0. The zero-order valence-electron chi connectivity index (χ0n) is 15.8. The van der Waals surface area contributed by atoms with Gasteiger partial charge < -0.3 is 4.90 Å². The van der Waals surface area contributed by atoms with Gasteiger partial charge in [0.2, 0.25) is 0 Å². The number of rotatable bonds is 4. The monoisotopic (exact) mass is 456 g/mol. The zero-order valence-corrected chi connectivity index (χ0v) is 18.2. The highest BCUT2D eigenvalue weighted by molar-refractivity contribution is 5.86. The first kappa shape index (κ1) is 25.1. The second kappa shape index (κ2) is 11.9. The molecule has 156 valence electrons. The number of piperazine rings is 1. The minimum absolute atomic E-state index is 0. The molecule has 0 saturated carbocycles. The van der Waals surface area contributed by atoms with Crippen molar-refractivity contribution >= 4 is 43.0 Å². The fourth-order valence-electron chi connectivity index (χ4n) is 3.31. The maximum Gasteiger partial charge on any atom is 0.128 e. The average Bonchev–Trinajstić information content (AvgIpc) is 2.70. The molecule has 1 aromatic carbocycles. The molecule has 1 fully saturated rings. The molecule has 29 heavy (non-hydrogen) atoms. The van der Waals surface area contributed by atoms with Crippen LogP contribution < -0.4 is 4.90 Å². The summed E-state index contributed by atoms with van der Waals surface area (Å²) in [5.74, 6) is 0.829. The van der Waals surface area contributed by atoms with Gasteiger partial charge in [0.05, 0.1) is 0 Å². The summed E-state index contributed by atoms with van der Waals surface area (Å²) in [6.07, 6.45) is 5.59. The molecule has 0 radical (unpaired) electrons. The van der Waals surface area contributed by atoms with Crippen LogP contribution in [0.15, 0.2) is 67.1 Å². The molecule has 0 unspecified atom stereocenters. The SMILES string of the molecule is Cl.Cl.Cl.Fc1ccc(-c2cncc(CN3CCN(c4ccccn4)CC3)c2)cc1. The molecular weight excluding hydrogens is 434 g/mol. The van der Waals surface area contributed by atoms with Gasteiger partial charge in [-0.3, -0.25) is 9.88 Å². The summed E-state index contributed by atoms with van der Waals surface area (Å²) in [6, 6.07) is 14.7. The molecule has 4 rings (SSSR count). The van der Waals surface area contributed by atoms with Crippen LogP contribution >= 0.6 is 37.2 Å². The van der Waals surface area contributed by atoms with Gasteiger partial charge in [0.1, 0.15) is 11.6 Å². The second-order valence-corrected chi connectivity index (χ2v) is 6.54. The van der Waals surface area contributed by atoms with Crippen LogP contribution in [0, 0.1) is 5.82 Å². The van der Waals surface area contributed by atoms with E-state index in [1.165, 1.54) is 17.7 Å². The largest absolute Gasteiger partial charge is 0.354 e. The van der Waals surface area contributed by atoms with Crippen molar-refractivity contribution in [3.8, 4) is 11.1 Å². The second-order valence-electron chi connectivity index (χ2n) is 6.54. The lowest BCUT2D eigenvalue weighted by molar-refractivity contribution is 0.249. The van der Waals surface area contributed by atoms with Crippen LogP contribution in [-0.4, -0.2) is 41.0 Å². The van der Waals surface area contributed by atoms with Gasteiger partial charge in [0.15, 0.2) is 0 Å². The molecule has 0 aliphatic carbocycles. The Morgan fingerprint density at radius 3 is 2.21 bits per heavy atom. The highest BCUT2D eigenvalue weighted by Gasteiger charge is 2.18. The Morgan fingerprint density at radius 2 is 1.55 bits per heavy atom. The lowest BCUT2D eigenvalue weighted by atomic mass is 10.1. The van der Waals surface area contributed by atoms with E-state index in [0.717, 1.165) is 49.7 Å². The highest BCUT2D eigenvalue weighted by atomic mass is 35.5. The summed E-state index contributed by atoms with van der Waals surface area (Å²) in [5, 5.41) is 0. The smallest absolute Gasteiger partial charge is 0.128 e. The molecule has 8 heteroatoms. The molecule has 0 N–H and O–H groups in total. The van der Waals surface area contributed by atoms with Gasteiger partial charge in [0, 0.05) is 56.9 Å². The Labute approximate surface area is 189 Å². The summed E-state index contributed by atoms with van der Waals surface area (Å²) in [4.78, 5) is 13.6. The summed E-state index contributed by atoms with van der Waals surface area (Å²) < 4.78 is 13.1. The van der Waals surface area contributed by atoms with E-state index in [1.807, 2.05) is 30.7 Å². The number of hydrogen-bond acceptors (Lipinski definition) is 4. The molecule has 1 saturated heterocycles. The third-order valence-electron chi connectivity index (χ3n) is 4.72. The van der Waals surface area contributed by atoms with E-state index >= 15 is 0 Å². The van der Waals surface area contributed by atoms with E-state index < -0.39 is 0 Å². The molecular formula is C21H24Cl3FN4. The van der Waals surface area contributed by atoms with Crippen molar-refractivity contribution < 1.29 is 4.39 Å². The van der Waals surface area contributed by atoms with Crippen LogP contribution in [0.25, 0.3) is 11.1 Å². The first-order valence-corrected chi connectivity index (χ1v) is 8.86. The third kappa shape index (κ3) is 6.54. The minimum atomic E-state index is -0.219. The van der Waals surface area contributed by atoms with E-state index in [0.29, 0.717) is 0 Å². The van der Waals surface area contributed by atoms with Crippen LogP contribution in [0.4, 0.5) is 10.2 Å². The minimum Gasteiger partial charge on any atom is -0.354 e. The molecule has 2 aromatic heterocycles. The fraction of sp³-hybridized carbons (Fsp3) is 0.238. The average molecular weight is 458 g/mol. The van der Waals surface area contributed by atoms with E-state index in [4.69, 9.17) is 0 Å².